The Labute approximate surface area is 386 Å². The molecule has 0 aromatic rings. The number of halogens is 7. The van der Waals surface area contributed by atoms with Crippen molar-refractivity contribution in [2.75, 3.05) is 73.9 Å². The lowest BCUT2D eigenvalue weighted by Crippen LogP contribution is -2.12. The lowest BCUT2D eigenvalue weighted by atomic mass is 10.4. The zero-order valence-corrected chi connectivity index (χ0v) is 46.9. The fraction of sp³-hybridized carbons (Fsp3) is 0.960. The molecule has 0 N–H and O–H groups in total. The Morgan fingerprint density at radius 2 is 0.355 bits per heavy atom. The number of hydrogen-bond donors (Lipinski definition) is 0. The second-order valence-corrected chi connectivity index (χ2v) is 32.1. The van der Waals surface area contributed by atoms with Crippen molar-refractivity contribution in [2.24, 2.45) is 0 Å². The highest BCUT2D eigenvalue weighted by Crippen LogP contribution is 2.63. The first kappa shape index (κ1) is 71.8. The van der Waals surface area contributed by atoms with E-state index in [1.807, 2.05) is 0 Å². The van der Waals surface area contributed by atoms with Gasteiger partial charge in [-0.2, -0.15) is 17.6 Å². The van der Waals surface area contributed by atoms with Crippen molar-refractivity contribution < 1.29 is 34.7 Å². The molecule has 12 heteroatoms. The molecule has 0 bridgehead atoms. The molecule has 0 aliphatic carbocycles. The Balaban J connectivity index is -0.000000233. The van der Waals surface area contributed by atoms with Gasteiger partial charge in [0, 0.05) is 21.8 Å². The van der Waals surface area contributed by atoms with E-state index in [1.165, 1.54) is 154 Å². The van der Waals surface area contributed by atoms with Crippen LogP contribution in [0.1, 0.15) is 237 Å². The van der Waals surface area contributed by atoms with Crippen molar-refractivity contribution in [3.05, 3.63) is 12.2 Å². The molecule has 0 fully saturated rings. The van der Waals surface area contributed by atoms with Crippen LogP contribution in [0.3, 0.4) is 0 Å². The normalized spacial score (nSPS) is 11.6. The van der Waals surface area contributed by atoms with E-state index < -0.39 is 42.0 Å². The topological polar surface area (TPSA) is 17.1 Å². The quantitative estimate of drug-likeness (QED) is 0.0452. The van der Waals surface area contributed by atoms with Gasteiger partial charge < -0.3 is 0 Å². The van der Waals surface area contributed by atoms with Crippen molar-refractivity contribution in [1.29, 1.82) is 0 Å². The summed E-state index contributed by atoms with van der Waals surface area (Å²) in [7, 11) is -7.83. The van der Waals surface area contributed by atoms with Crippen LogP contribution in [0.5, 0.6) is 0 Å². The second-order valence-electron chi connectivity index (χ2n) is 17.9. The Hall–Kier alpha value is 0.770. The highest BCUT2D eigenvalue weighted by Gasteiger charge is 2.36. The summed E-state index contributed by atoms with van der Waals surface area (Å²) in [6.07, 6.45) is 48.0. The standard InChI is InChI=1S/3C16H36P.C2F4.F3OP/c3*1-5-9-13-17(14-10-6-2,15-11-7-3)16-12-8-4;3-1(4)2(5)6;1-5(2,3)4/h3*5-16H2,1-4H3;;/q3*+1;;. The number of rotatable bonds is 36. The van der Waals surface area contributed by atoms with E-state index in [4.69, 9.17) is 4.57 Å². The summed E-state index contributed by atoms with van der Waals surface area (Å²) in [6.45, 7) is 28.3. The van der Waals surface area contributed by atoms with Gasteiger partial charge in [0.2, 0.25) is 0 Å². The summed E-state index contributed by atoms with van der Waals surface area (Å²) in [5, 5.41) is 0. The Morgan fingerprint density at radius 3 is 0.403 bits per heavy atom. The zero-order chi connectivity index (χ0) is 48.6. The van der Waals surface area contributed by atoms with Gasteiger partial charge in [0.05, 0.1) is 73.9 Å². The van der Waals surface area contributed by atoms with Crippen molar-refractivity contribution in [2.45, 2.75) is 237 Å². The fourth-order valence-corrected chi connectivity index (χ4v) is 23.8. The molecule has 0 rings (SSSR count). The Morgan fingerprint density at radius 1 is 0.274 bits per heavy atom. The van der Waals surface area contributed by atoms with E-state index in [2.05, 4.69) is 83.1 Å². The third-order valence-electron chi connectivity index (χ3n) is 12.0. The molecule has 1 nitrogen and oxygen atoms in total. The smallest absolute Gasteiger partial charge is 0.215 e. The van der Waals surface area contributed by atoms with Gasteiger partial charge in [0.15, 0.2) is 0 Å². The number of unbranched alkanes of at least 4 members (excludes halogenated alkanes) is 12. The van der Waals surface area contributed by atoms with Crippen LogP contribution in [0.4, 0.5) is 30.2 Å². The molecular weight excluding hydrogens is 873 g/mol. The predicted octanol–water partition coefficient (Wildman–Crippen LogP) is 22.6. The summed E-state index contributed by atoms with van der Waals surface area (Å²) < 4.78 is 79.1. The number of hydrogen-bond acceptors (Lipinski definition) is 1. The molecule has 380 valence electrons. The predicted molar refractivity (Wildman–Crippen MR) is 280 cm³/mol. The van der Waals surface area contributed by atoms with Crippen LogP contribution >= 0.6 is 29.9 Å². The molecule has 0 aliphatic rings. The van der Waals surface area contributed by atoms with E-state index in [1.54, 1.807) is 73.9 Å². The summed E-state index contributed by atoms with van der Waals surface area (Å²) in [5.41, 5.74) is 0. The lowest BCUT2D eigenvalue weighted by molar-refractivity contribution is 0.308. The maximum atomic E-state index is 10.3. The van der Waals surface area contributed by atoms with Crippen LogP contribution in [0, 0.1) is 0 Å². The molecule has 0 saturated heterocycles. The average Bonchev–Trinajstić information content (AvgIpc) is 3.25. The van der Waals surface area contributed by atoms with Crippen LogP contribution < -0.4 is 0 Å². The van der Waals surface area contributed by atoms with Gasteiger partial charge in [-0.25, -0.2) is 4.57 Å². The summed E-state index contributed by atoms with van der Waals surface area (Å²) >= 11 is 0. The molecule has 0 aromatic carbocycles. The minimum absolute atomic E-state index is 0.562. The van der Waals surface area contributed by atoms with E-state index in [9.17, 15) is 30.2 Å². The molecule has 0 spiro atoms. The van der Waals surface area contributed by atoms with Crippen LogP contribution in [0.25, 0.3) is 0 Å². The molecule has 0 heterocycles. The first-order valence-corrected chi connectivity index (χ1v) is 34.9. The van der Waals surface area contributed by atoms with Gasteiger partial charge in [-0.15, -0.1) is 12.6 Å². The SMILES string of the molecule is CCCC[P+](CCCC)(CCCC)CCCC.CCCC[P+](CCCC)(CCCC)CCCC.CCCC[P+](CCCC)(CCCC)CCCC.FC(F)=C(F)F.O=P(F)(F)F. The first-order chi connectivity index (χ1) is 29.4. The monoisotopic (exact) mass is 982 g/mol. The summed E-state index contributed by atoms with van der Waals surface area (Å²) in [6, 6.07) is 0. The van der Waals surface area contributed by atoms with Gasteiger partial charge in [-0.3, -0.25) is 0 Å². The van der Waals surface area contributed by atoms with Crippen molar-refractivity contribution in [3.63, 3.8) is 0 Å². The minimum atomic E-state index is -6.14. The average molecular weight is 982 g/mol. The van der Waals surface area contributed by atoms with Crippen LogP contribution in [-0.2, 0) is 4.57 Å². The highest BCUT2D eigenvalue weighted by molar-refractivity contribution is 7.76. The molecule has 0 aromatic heterocycles. The van der Waals surface area contributed by atoms with Gasteiger partial charge in [0.25, 0.3) is 0 Å². The highest BCUT2D eigenvalue weighted by atomic mass is 31.3. The van der Waals surface area contributed by atoms with Gasteiger partial charge in [-0.1, -0.05) is 160 Å². The van der Waals surface area contributed by atoms with Gasteiger partial charge >= 0.3 is 20.2 Å². The maximum absolute atomic E-state index is 10.3. The molecule has 0 atom stereocenters. The van der Waals surface area contributed by atoms with Crippen molar-refractivity contribution in [3.8, 4) is 0 Å². The molecule has 0 saturated carbocycles. The van der Waals surface area contributed by atoms with Crippen LogP contribution in [0.2, 0.25) is 0 Å². The molecule has 0 radical (unpaired) electrons. The molecule has 0 aliphatic heterocycles. The molecule has 0 unspecified atom stereocenters. The minimum Gasteiger partial charge on any atom is -0.215 e. The zero-order valence-electron chi connectivity index (χ0n) is 43.3. The molecular formula is C50H108F7OP4+3. The van der Waals surface area contributed by atoms with Gasteiger partial charge in [0.1, 0.15) is 0 Å². The molecule has 0 amide bonds. The van der Waals surface area contributed by atoms with E-state index >= 15 is 0 Å². The van der Waals surface area contributed by atoms with E-state index in [0.717, 1.165) is 0 Å². The van der Waals surface area contributed by atoms with Crippen molar-refractivity contribution >= 4 is 29.9 Å². The summed E-state index contributed by atoms with van der Waals surface area (Å²) in [4.78, 5) is 0. The lowest BCUT2D eigenvalue weighted by Gasteiger charge is -2.28. The van der Waals surface area contributed by atoms with Crippen LogP contribution in [0.15, 0.2) is 12.2 Å². The maximum Gasteiger partial charge on any atom is 0.591 e. The summed E-state index contributed by atoms with van der Waals surface area (Å²) in [5.74, 6) is 0. The Kier molecular flexibility index (Phi) is 59.2. The van der Waals surface area contributed by atoms with Crippen LogP contribution in [-0.4, -0.2) is 73.9 Å². The fourth-order valence-electron chi connectivity index (χ4n) is 7.93. The second kappa shape index (κ2) is 51.2. The van der Waals surface area contributed by atoms with E-state index in [0.29, 0.717) is 0 Å². The molecule has 62 heavy (non-hydrogen) atoms. The largest absolute Gasteiger partial charge is 0.591 e. The first-order valence-electron chi connectivity index (χ1n) is 26.0. The third-order valence-corrected chi connectivity index (χ3v) is 27.2. The van der Waals surface area contributed by atoms with Crippen molar-refractivity contribution in [1.82, 2.24) is 0 Å². The Bertz CT molecular complexity index is 743. The third kappa shape index (κ3) is 51.7. The van der Waals surface area contributed by atoms with E-state index in [-0.39, 0.29) is 0 Å². The van der Waals surface area contributed by atoms with Gasteiger partial charge in [-0.05, 0) is 77.0 Å².